The number of aromatic nitrogens is 5. The second-order valence-electron chi connectivity index (χ2n) is 5.47. The maximum absolute atomic E-state index is 12.6. The van der Waals surface area contributed by atoms with Gasteiger partial charge in [-0.2, -0.15) is 0 Å². The minimum atomic E-state index is -1.06. The van der Waals surface area contributed by atoms with Gasteiger partial charge in [0.1, 0.15) is 12.4 Å². The van der Waals surface area contributed by atoms with Crippen molar-refractivity contribution in [3.05, 3.63) is 58.3 Å². The minimum Gasteiger partial charge on any atom is -0.476 e. The minimum absolute atomic E-state index is 0.0203. The highest BCUT2D eigenvalue weighted by molar-refractivity contribution is 7.09. The topological polar surface area (TPSA) is 123 Å². The smallest absolute Gasteiger partial charge is 0.355 e. The molecule has 0 spiro atoms. The first-order valence-electron chi connectivity index (χ1n) is 7.85. The summed E-state index contributed by atoms with van der Waals surface area (Å²) in [6.07, 6.45) is 2.32. The number of carbonyl (C=O) groups excluding carboxylic acids is 1. The fraction of sp³-hybridized carbons (Fsp3) is 0.250. The third-order valence-corrected chi connectivity index (χ3v) is 4.58. The zero-order chi connectivity index (χ0) is 18.4. The fourth-order valence-electron chi connectivity index (χ4n) is 2.39. The molecule has 9 nitrogen and oxygen atoms in total. The number of thiazole rings is 1. The molecule has 2 heterocycles. The molecule has 0 radical (unpaired) electrons. The van der Waals surface area contributed by atoms with Crippen molar-refractivity contribution in [1.82, 2.24) is 30.5 Å². The van der Waals surface area contributed by atoms with E-state index in [1.807, 2.05) is 30.3 Å². The first kappa shape index (κ1) is 17.7. The summed E-state index contributed by atoms with van der Waals surface area (Å²) in [5.41, 5.74) is 1.01. The molecule has 3 aromatic rings. The van der Waals surface area contributed by atoms with Crippen LogP contribution >= 0.6 is 11.3 Å². The summed E-state index contributed by atoms with van der Waals surface area (Å²) in [6, 6.07) is 9.04. The van der Waals surface area contributed by atoms with Crippen LogP contribution in [0.15, 0.2) is 42.0 Å². The van der Waals surface area contributed by atoms with Gasteiger partial charge in [0.15, 0.2) is 5.69 Å². The van der Waals surface area contributed by atoms with Gasteiger partial charge in [0.2, 0.25) is 5.91 Å². The van der Waals surface area contributed by atoms with Gasteiger partial charge in [-0.05, 0) is 16.0 Å². The van der Waals surface area contributed by atoms with Gasteiger partial charge >= 0.3 is 5.97 Å². The third kappa shape index (κ3) is 4.48. The van der Waals surface area contributed by atoms with E-state index in [1.165, 1.54) is 27.7 Å². The van der Waals surface area contributed by atoms with Gasteiger partial charge in [-0.25, -0.2) is 14.5 Å². The highest BCUT2D eigenvalue weighted by Gasteiger charge is 2.22. The zero-order valence-corrected chi connectivity index (χ0v) is 14.5. The number of aromatic carboxylic acids is 1. The highest BCUT2D eigenvalue weighted by atomic mass is 32.1. The molecule has 0 aliphatic rings. The summed E-state index contributed by atoms with van der Waals surface area (Å²) >= 11 is 1.26. The molecule has 2 N–H and O–H groups in total. The summed E-state index contributed by atoms with van der Waals surface area (Å²) in [6.45, 7) is 0.346. The van der Waals surface area contributed by atoms with Crippen molar-refractivity contribution in [1.29, 1.82) is 0 Å². The molecule has 134 valence electrons. The quantitative estimate of drug-likeness (QED) is 0.604. The molecule has 1 amide bonds. The number of nitrogens with zero attached hydrogens (tertiary/aromatic N) is 5. The molecule has 1 atom stereocenters. The van der Waals surface area contributed by atoms with Gasteiger partial charge in [0, 0.05) is 24.8 Å². The van der Waals surface area contributed by atoms with Crippen molar-refractivity contribution in [2.45, 2.75) is 18.9 Å². The van der Waals surface area contributed by atoms with E-state index >= 15 is 0 Å². The Labute approximate surface area is 152 Å². The van der Waals surface area contributed by atoms with Crippen molar-refractivity contribution in [2.24, 2.45) is 0 Å². The lowest BCUT2D eigenvalue weighted by Gasteiger charge is -2.16. The number of carboxylic acid groups (broad SMARTS) is 1. The van der Waals surface area contributed by atoms with Gasteiger partial charge in [0.25, 0.3) is 0 Å². The Bertz CT molecular complexity index is 865. The van der Waals surface area contributed by atoms with E-state index in [1.54, 1.807) is 0 Å². The third-order valence-electron chi connectivity index (χ3n) is 3.67. The van der Waals surface area contributed by atoms with Crippen LogP contribution in [0.2, 0.25) is 0 Å². The van der Waals surface area contributed by atoms with Crippen LogP contribution in [0, 0.1) is 0 Å². The Hall–Kier alpha value is -3.14. The van der Waals surface area contributed by atoms with E-state index < -0.39 is 12.0 Å². The Morgan fingerprint density at radius 3 is 2.73 bits per heavy atom. The standard InChI is InChI=1S/C16H16N6O3S/c23-15(17-7-6-14-19-12(9-26-14)16(24)25)13(22-10-18-20-21-22)8-11-4-2-1-3-5-11/h1-5,9-10,13H,6-8H2,(H,17,23)(H,24,25)/t13-/m1/s1. The molecule has 0 saturated carbocycles. The second kappa shape index (κ2) is 8.30. The van der Waals surface area contributed by atoms with E-state index in [4.69, 9.17) is 5.11 Å². The van der Waals surface area contributed by atoms with Gasteiger partial charge in [-0.1, -0.05) is 30.3 Å². The number of amides is 1. The number of hydrogen-bond donors (Lipinski definition) is 2. The summed E-state index contributed by atoms with van der Waals surface area (Å²) in [5, 5.41) is 24.9. The molecule has 0 aliphatic heterocycles. The summed E-state index contributed by atoms with van der Waals surface area (Å²) < 4.78 is 1.42. The molecule has 0 saturated heterocycles. The number of rotatable bonds is 8. The van der Waals surface area contributed by atoms with Crippen LogP contribution in [-0.4, -0.2) is 48.7 Å². The van der Waals surface area contributed by atoms with Crippen LogP contribution in [-0.2, 0) is 17.6 Å². The maximum Gasteiger partial charge on any atom is 0.355 e. The van der Waals surface area contributed by atoms with Gasteiger partial charge in [-0.3, -0.25) is 4.79 Å². The molecule has 0 unspecified atom stereocenters. The summed E-state index contributed by atoms with van der Waals surface area (Å²) in [7, 11) is 0. The summed E-state index contributed by atoms with van der Waals surface area (Å²) in [5.74, 6) is -1.27. The first-order chi connectivity index (χ1) is 12.6. The molecule has 26 heavy (non-hydrogen) atoms. The number of carboxylic acids is 1. The predicted octanol–water partition coefficient (Wildman–Crippen LogP) is 0.970. The first-order valence-corrected chi connectivity index (χ1v) is 8.73. The van der Waals surface area contributed by atoms with Gasteiger partial charge in [0.05, 0.1) is 5.01 Å². The molecular formula is C16H16N6O3S. The van der Waals surface area contributed by atoms with E-state index in [9.17, 15) is 9.59 Å². The van der Waals surface area contributed by atoms with E-state index in [2.05, 4.69) is 25.8 Å². The van der Waals surface area contributed by atoms with Crippen molar-refractivity contribution in [3.8, 4) is 0 Å². The Balaban J connectivity index is 1.61. The van der Waals surface area contributed by atoms with E-state index in [0.717, 1.165) is 5.56 Å². The van der Waals surface area contributed by atoms with E-state index in [-0.39, 0.29) is 11.6 Å². The highest BCUT2D eigenvalue weighted by Crippen LogP contribution is 2.14. The second-order valence-corrected chi connectivity index (χ2v) is 6.41. The fourth-order valence-corrected chi connectivity index (χ4v) is 3.16. The Morgan fingerprint density at radius 1 is 1.27 bits per heavy atom. The SMILES string of the molecule is O=C(O)c1csc(CCNC(=O)[C@@H](Cc2ccccc2)n2cnnn2)n1. The maximum atomic E-state index is 12.6. The molecule has 0 fully saturated rings. The molecule has 3 rings (SSSR count). The molecule has 2 aromatic heterocycles. The van der Waals surface area contributed by atoms with Crippen LogP contribution in [0.25, 0.3) is 0 Å². The lowest BCUT2D eigenvalue weighted by molar-refractivity contribution is -0.124. The van der Waals surface area contributed by atoms with Gasteiger partial charge < -0.3 is 10.4 Å². The number of nitrogens with one attached hydrogen (secondary N) is 1. The largest absolute Gasteiger partial charge is 0.476 e. The molecular weight excluding hydrogens is 356 g/mol. The lowest BCUT2D eigenvalue weighted by atomic mass is 10.1. The zero-order valence-electron chi connectivity index (χ0n) is 13.6. The summed E-state index contributed by atoms with van der Waals surface area (Å²) in [4.78, 5) is 27.5. The monoisotopic (exact) mass is 372 g/mol. The molecule has 0 bridgehead atoms. The van der Waals surface area contributed by atoms with Gasteiger partial charge in [-0.15, -0.1) is 16.4 Å². The number of benzene rings is 1. The van der Waals surface area contributed by atoms with Crippen LogP contribution in [0.1, 0.15) is 27.1 Å². The number of carbonyl (C=O) groups is 2. The van der Waals surface area contributed by atoms with Crippen molar-refractivity contribution in [2.75, 3.05) is 6.54 Å². The van der Waals surface area contributed by atoms with Crippen LogP contribution in [0.3, 0.4) is 0 Å². The normalized spacial score (nSPS) is 11.8. The van der Waals surface area contributed by atoms with Crippen molar-refractivity contribution < 1.29 is 14.7 Å². The van der Waals surface area contributed by atoms with Crippen molar-refractivity contribution in [3.63, 3.8) is 0 Å². The lowest BCUT2D eigenvalue weighted by Crippen LogP contribution is -2.35. The average molecular weight is 372 g/mol. The predicted molar refractivity (Wildman–Crippen MR) is 92.8 cm³/mol. The number of tetrazole rings is 1. The Morgan fingerprint density at radius 2 is 2.08 bits per heavy atom. The van der Waals surface area contributed by atoms with Crippen LogP contribution in [0.5, 0.6) is 0 Å². The molecule has 0 aliphatic carbocycles. The van der Waals surface area contributed by atoms with E-state index in [0.29, 0.717) is 24.4 Å². The molecule has 10 heteroatoms. The van der Waals surface area contributed by atoms with Crippen LogP contribution in [0.4, 0.5) is 0 Å². The van der Waals surface area contributed by atoms with Crippen molar-refractivity contribution >= 4 is 23.2 Å². The van der Waals surface area contributed by atoms with Crippen LogP contribution < -0.4 is 5.32 Å². The average Bonchev–Trinajstić information content (AvgIpc) is 3.32. The molecule has 1 aromatic carbocycles. The Kier molecular flexibility index (Phi) is 5.64. The number of hydrogen-bond acceptors (Lipinski definition) is 7.